The Bertz CT molecular complexity index is 241. The minimum atomic E-state index is -0.370. The average Bonchev–Trinajstić information content (AvgIpc) is 2.18. The molecule has 3 N–H and O–H groups in total. The minimum Gasteiger partial charge on any atom is -0.356 e. The lowest BCUT2D eigenvalue weighted by molar-refractivity contribution is -0.129. The van der Waals surface area contributed by atoms with Crippen LogP contribution in [0.3, 0.4) is 0 Å². The molecule has 0 aromatic carbocycles. The summed E-state index contributed by atoms with van der Waals surface area (Å²) in [7, 11) is 0. The summed E-state index contributed by atoms with van der Waals surface area (Å²) >= 11 is 0. The average molecular weight is 213 g/mol. The Hall–Kier alpha value is -1.10. The zero-order chi connectivity index (χ0) is 11.3. The van der Waals surface area contributed by atoms with E-state index >= 15 is 0 Å². The van der Waals surface area contributed by atoms with Gasteiger partial charge >= 0.3 is 0 Å². The molecular formula is C10H19N3O2. The molecule has 86 valence electrons. The second kappa shape index (κ2) is 5.70. The van der Waals surface area contributed by atoms with E-state index in [-0.39, 0.29) is 24.3 Å². The quantitative estimate of drug-likeness (QED) is 0.575. The third-order valence-corrected chi connectivity index (χ3v) is 2.23. The largest absolute Gasteiger partial charge is 0.356 e. The van der Waals surface area contributed by atoms with Crippen molar-refractivity contribution in [2.75, 3.05) is 19.6 Å². The Morgan fingerprint density at radius 1 is 1.53 bits per heavy atom. The van der Waals surface area contributed by atoms with E-state index in [1.807, 2.05) is 13.8 Å². The van der Waals surface area contributed by atoms with Gasteiger partial charge in [0.15, 0.2) is 0 Å². The highest BCUT2D eigenvalue weighted by Gasteiger charge is 2.23. The van der Waals surface area contributed by atoms with Crippen molar-refractivity contribution in [1.82, 2.24) is 16.0 Å². The number of carbonyl (C=O) groups is 2. The molecule has 1 aliphatic heterocycles. The predicted octanol–water partition coefficient (Wildman–Crippen LogP) is -0.763. The van der Waals surface area contributed by atoms with Gasteiger partial charge < -0.3 is 16.0 Å². The van der Waals surface area contributed by atoms with Crippen LogP contribution in [0.1, 0.15) is 20.3 Å². The highest BCUT2D eigenvalue weighted by molar-refractivity contribution is 5.88. The van der Waals surface area contributed by atoms with Crippen LogP contribution in [0.2, 0.25) is 0 Å². The first-order valence-corrected chi connectivity index (χ1v) is 5.37. The number of hydrogen-bond donors (Lipinski definition) is 3. The van der Waals surface area contributed by atoms with Gasteiger partial charge in [-0.25, -0.2) is 0 Å². The van der Waals surface area contributed by atoms with Crippen molar-refractivity contribution >= 4 is 11.8 Å². The van der Waals surface area contributed by atoms with Gasteiger partial charge in [0.25, 0.3) is 0 Å². The van der Waals surface area contributed by atoms with E-state index in [2.05, 4.69) is 16.0 Å². The number of carbonyl (C=O) groups excluding carboxylic acids is 2. The van der Waals surface area contributed by atoms with Crippen molar-refractivity contribution in [3.05, 3.63) is 0 Å². The van der Waals surface area contributed by atoms with Gasteiger partial charge in [0.1, 0.15) is 0 Å². The Morgan fingerprint density at radius 3 is 2.87 bits per heavy atom. The van der Waals surface area contributed by atoms with Crippen molar-refractivity contribution in [1.29, 1.82) is 0 Å². The maximum atomic E-state index is 11.4. The van der Waals surface area contributed by atoms with Crippen LogP contribution in [-0.2, 0) is 9.59 Å². The van der Waals surface area contributed by atoms with Gasteiger partial charge in [-0.05, 0) is 5.92 Å². The Balaban J connectivity index is 2.27. The van der Waals surface area contributed by atoms with Gasteiger partial charge in [-0.1, -0.05) is 13.8 Å². The van der Waals surface area contributed by atoms with Crippen molar-refractivity contribution in [3.8, 4) is 0 Å². The van der Waals surface area contributed by atoms with Crippen LogP contribution in [-0.4, -0.2) is 37.5 Å². The van der Waals surface area contributed by atoms with Gasteiger partial charge in [0, 0.05) is 19.6 Å². The van der Waals surface area contributed by atoms with E-state index in [4.69, 9.17) is 0 Å². The second-order valence-corrected chi connectivity index (χ2v) is 4.20. The summed E-state index contributed by atoms with van der Waals surface area (Å²) in [6.45, 7) is 6.10. The van der Waals surface area contributed by atoms with Gasteiger partial charge in [0.05, 0.1) is 12.5 Å². The smallest absolute Gasteiger partial charge is 0.237 e. The van der Waals surface area contributed by atoms with Gasteiger partial charge in [-0.15, -0.1) is 0 Å². The number of nitrogens with one attached hydrogen (secondary N) is 3. The molecule has 1 saturated heterocycles. The van der Waals surface area contributed by atoms with Gasteiger partial charge in [-0.2, -0.15) is 0 Å². The maximum absolute atomic E-state index is 11.4. The van der Waals surface area contributed by atoms with Crippen LogP contribution >= 0.6 is 0 Å². The highest BCUT2D eigenvalue weighted by Crippen LogP contribution is 1.96. The lowest BCUT2D eigenvalue weighted by atomic mass is 10.1. The molecule has 0 radical (unpaired) electrons. The van der Waals surface area contributed by atoms with Crippen LogP contribution in [0.5, 0.6) is 0 Å². The molecule has 1 rings (SSSR count). The summed E-state index contributed by atoms with van der Waals surface area (Å²) < 4.78 is 0. The molecule has 15 heavy (non-hydrogen) atoms. The first-order chi connectivity index (χ1) is 7.09. The van der Waals surface area contributed by atoms with Crippen molar-refractivity contribution in [3.63, 3.8) is 0 Å². The topological polar surface area (TPSA) is 70.2 Å². The summed E-state index contributed by atoms with van der Waals surface area (Å²) in [6.07, 6.45) is 0.221. The molecule has 0 saturated carbocycles. The molecule has 0 spiro atoms. The van der Waals surface area contributed by atoms with E-state index in [9.17, 15) is 9.59 Å². The van der Waals surface area contributed by atoms with E-state index in [1.165, 1.54) is 0 Å². The molecular weight excluding hydrogens is 194 g/mol. The molecule has 1 heterocycles. The normalized spacial score (nSPS) is 21.3. The monoisotopic (exact) mass is 213 g/mol. The Labute approximate surface area is 90.0 Å². The zero-order valence-electron chi connectivity index (χ0n) is 9.30. The third kappa shape index (κ3) is 4.29. The van der Waals surface area contributed by atoms with Gasteiger partial charge in [-0.3, -0.25) is 9.59 Å². The molecule has 0 aliphatic carbocycles. The summed E-state index contributed by atoms with van der Waals surface area (Å²) in [6, 6.07) is -0.370. The standard InChI is InChI=1S/C10H19N3O2/c1-7(2)6-13-9(14)5-8-10(15)12-4-3-11-8/h7-8,11H,3-6H2,1-2H3,(H,12,15)(H,13,14). The number of hydrogen-bond acceptors (Lipinski definition) is 3. The van der Waals surface area contributed by atoms with Crippen LogP contribution < -0.4 is 16.0 Å². The molecule has 1 atom stereocenters. The summed E-state index contributed by atoms with van der Waals surface area (Å²) in [4.78, 5) is 22.7. The molecule has 1 fully saturated rings. The van der Waals surface area contributed by atoms with Crippen LogP contribution in [0, 0.1) is 5.92 Å². The fourth-order valence-electron chi connectivity index (χ4n) is 1.39. The molecule has 0 aromatic rings. The Morgan fingerprint density at radius 2 is 2.27 bits per heavy atom. The van der Waals surface area contributed by atoms with E-state index < -0.39 is 0 Å². The van der Waals surface area contributed by atoms with E-state index in [1.54, 1.807) is 0 Å². The number of amides is 2. The number of piperazine rings is 1. The van der Waals surface area contributed by atoms with E-state index in [0.29, 0.717) is 19.0 Å². The lowest BCUT2D eigenvalue weighted by Gasteiger charge is -2.23. The van der Waals surface area contributed by atoms with Crippen molar-refractivity contribution < 1.29 is 9.59 Å². The molecule has 5 heteroatoms. The summed E-state index contributed by atoms with van der Waals surface area (Å²) in [5, 5.41) is 8.53. The summed E-state index contributed by atoms with van der Waals surface area (Å²) in [5.41, 5.74) is 0. The van der Waals surface area contributed by atoms with Gasteiger partial charge in [0.2, 0.25) is 11.8 Å². The fraction of sp³-hybridized carbons (Fsp3) is 0.800. The molecule has 5 nitrogen and oxygen atoms in total. The second-order valence-electron chi connectivity index (χ2n) is 4.20. The van der Waals surface area contributed by atoms with E-state index in [0.717, 1.165) is 6.54 Å². The van der Waals surface area contributed by atoms with Crippen molar-refractivity contribution in [2.45, 2.75) is 26.3 Å². The molecule has 0 aromatic heterocycles. The molecule has 1 unspecified atom stereocenters. The maximum Gasteiger partial charge on any atom is 0.237 e. The van der Waals surface area contributed by atoms with Crippen molar-refractivity contribution in [2.24, 2.45) is 5.92 Å². The van der Waals surface area contributed by atoms with Crippen LogP contribution in [0.25, 0.3) is 0 Å². The lowest BCUT2D eigenvalue weighted by Crippen LogP contribution is -2.54. The molecule has 2 amide bonds. The first-order valence-electron chi connectivity index (χ1n) is 5.37. The first kappa shape index (κ1) is 12.0. The van der Waals surface area contributed by atoms with Crippen LogP contribution in [0.4, 0.5) is 0 Å². The third-order valence-electron chi connectivity index (χ3n) is 2.23. The fourth-order valence-corrected chi connectivity index (χ4v) is 1.39. The Kier molecular flexibility index (Phi) is 4.55. The molecule has 1 aliphatic rings. The zero-order valence-corrected chi connectivity index (χ0v) is 9.30. The SMILES string of the molecule is CC(C)CNC(=O)CC1NCCNC1=O. The number of rotatable bonds is 4. The van der Waals surface area contributed by atoms with Crippen LogP contribution in [0.15, 0.2) is 0 Å². The highest BCUT2D eigenvalue weighted by atomic mass is 16.2. The predicted molar refractivity (Wildman–Crippen MR) is 57.3 cm³/mol. The minimum absolute atomic E-state index is 0.0711. The summed E-state index contributed by atoms with van der Waals surface area (Å²) in [5.74, 6) is 0.279. The molecule has 0 bridgehead atoms.